The van der Waals surface area contributed by atoms with E-state index >= 15 is 0 Å². The van der Waals surface area contributed by atoms with Gasteiger partial charge in [-0.15, -0.1) is 0 Å². The summed E-state index contributed by atoms with van der Waals surface area (Å²) in [7, 11) is 0. The van der Waals surface area contributed by atoms with Crippen molar-refractivity contribution in [2.45, 2.75) is 46.0 Å². The number of unbranched alkanes of at least 4 members (excludes halogenated alkanes) is 4. The predicted octanol–water partition coefficient (Wildman–Crippen LogP) is 5.62. The molecule has 1 rings (SSSR count). The number of allylic oxidation sites excluding steroid dienone is 3. The fourth-order valence-corrected chi connectivity index (χ4v) is 1.82. The number of hydrogen-bond donors (Lipinski definition) is 0. The Morgan fingerprint density at radius 2 is 1.82 bits per heavy atom. The van der Waals surface area contributed by atoms with E-state index < -0.39 is 0 Å². The molecule has 0 unspecified atom stereocenters. The first-order chi connectivity index (χ1) is 8.33. The van der Waals surface area contributed by atoms with E-state index in [9.17, 15) is 0 Å². The summed E-state index contributed by atoms with van der Waals surface area (Å²) < 4.78 is 0. The summed E-state index contributed by atoms with van der Waals surface area (Å²) in [5.41, 5.74) is 2.60. The third kappa shape index (κ3) is 6.78. The second-order valence-electron chi connectivity index (χ2n) is 4.55. The molecule has 1 aromatic rings. The van der Waals surface area contributed by atoms with Crippen molar-refractivity contribution in [3.8, 4) is 0 Å². The predicted molar refractivity (Wildman–Crippen MR) is 78.0 cm³/mol. The van der Waals surface area contributed by atoms with Crippen molar-refractivity contribution in [2.24, 2.45) is 0 Å². The zero-order valence-corrected chi connectivity index (χ0v) is 11.2. The minimum Gasteiger partial charge on any atom is -0.0843 e. The molecule has 0 amide bonds. The van der Waals surface area contributed by atoms with Crippen LogP contribution < -0.4 is 0 Å². The van der Waals surface area contributed by atoms with Gasteiger partial charge < -0.3 is 0 Å². The number of rotatable bonds is 7. The molecule has 0 N–H and O–H groups in total. The standard InChI is InChI=1S/C17H24/c1-3-4-5-6-7-9-12-16(2)15-17-13-10-8-11-14-17/h8-15H,3-7H2,1-2H3. The van der Waals surface area contributed by atoms with Gasteiger partial charge in [0, 0.05) is 0 Å². The average Bonchev–Trinajstić information content (AvgIpc) is 2.35. The molecule has 0 radical (unpaired) electrons. The number of benzene rings is 1. The zero-order chi connectivity index (χ0) is 12.3. The van der Waals surface area contributed by atoms with Crippen LogP contribution in [0.25, 0.3) is 6.08 Å². The molecule has 0 heterocycles. The molecule has 17 heavy (non-hydrogen) atoms. The Morgan fingerprint density at radius 1 is 1.06 bits per heavy atom. The molecule has 1 aromatic carbocycles. The van der Waals surface area contributed by atoms with Gasteiger partial charge in [-0.2, -0.15) is 0 Å². The molecule has 0 atom stereocenters. The third-order valence-corrected chi connectivity index (χ3v) is 2.80. The molecule has 92 valence electrons. The molecular formula is C17H24. The van der Waals surface area contributed by atoms with Gasteiger partial charge in [0.15, 0.2) is 0 Å². The smallest absolute Gasteiger partial charge is 0.0254 e. The van der Waals surface area contributed by atoms with Crippen LogP contribution in [-0.4, -0.2) is 0 Å². The lowest BCUT2D eigenvalue weighted by Gasteiger charge is -1.96. The van der Waals surface area contributed by atoms with E-state index in [-0.39, 0.29) is 0 Å². The van der Waals surface area contributed by atoms with Gasteiger partial charge in [-0.05, 0) is 25.3 Å². The van der Waals surface area contributed by atoms with Gasteiger partial charge in [-0.25, -0.2) is 0 Å². The quantitative estimate of drug-likeness (QED) is 0.420. The summed E-state index contributed by atoms with van der Waals surface area (Å²) in [5, 5.41) is 0. The maximum Gasteiger partial charge on any atom is -0.0254 e. The molecule has 0 saturated heterocycles. The van der Waals surface area contributed by atoms with Gasteiger partial charge in [-0.1, -0.05) is 80.3 Å². The summed E-state index contributed by atoms with van der Waals surface area (Å²) >= 11 is 0. The van der Waals surface area contributed by atoms with E-state index in [0.717, 1.165) is 0 Å². The summed E-state index contributed by atoms with van der Waals surface area (Å²) in [5.74, 6) is 0. The summed E-state index contributed by atoms with van der Waals surface area (Å²) in [6, 6.07) is 10.5. The zero-order valence-electron chi connectivity index (χ0n) is 11.2. The molecular weight excluding hydrogens is 204 g/mol. The van der Waals surface area contributed by atoms with Crippen LogP contribution >= 0.6 is 0 Å². The Morgan fingerprint density at radius 3 is 2.53 bits per heavy atom. The van der Waals surface area contributed by atoms with Gasteiger partial charge in [0.1, 0.15) is 0 Å². The second-order valence-corrected chi connectivity index (χ2v) is 4.55. The molecule has 0 fully saturated rings. The normalized spacial score (nSPS) is 12.2. The van der Waals surface area contributed by atoms with Gasteiger partial charge in [0.05, 0.1) is 0 Å². The Kier molecular flexibility index (Phi) is 7.13. The highest BCUT2D eigenvalue weighted by Crippen LogP contribution is 2.08. The average molecular weight is 228 g/mol. The van der Waals surface area contributed by atoms with E-state index in [4.69, 9.17) is 0 Å². The lowest BCUT2D eigenvalue weighted by Crippen LogP contribution is -1.75. The Labute approximate surface area is 106 Å². The second kappa shape index (κ2) is 8.81. The Balaban J connectivity index is 2.31. The van der Waals surface area contributed by atoms with E-state index in [1.165, 1.54) is 43.2 Å². The van der Waals surface area contributed by atoms with Crippen LogP contribution in [0.1, 0.15) is 51.5 Å². The van der Waals surface area contributed by atoms with Crippen LogP contribution in [-0.2, 0) is 0 Å². The lowest BCUT2D eigenvalue weighted by atomic mass is 10.1. The lowest BCUT2D eigenvalue weighted by molar-refractivity contribution is 0.674. The van der Waals surface area contributed by atoms with Crippen molar-refractivity contribution in [1.29, 1.82) is 0 Å². The number of hydrogen-bond acceptors (Lipinski definition) is 0. The van der Waals surface area contributed by atoms with Crippen molar-refractivity contribution < 1.29 is 0 Å². The first-order valence-electron chi connectivity index (χ1n) is 6.73. The fourth-order valence-electron chi connectivity index (χ4n) is 1.82. The SMILES string of the molecule is CCCCCCC=CC(C)=Cc1ccccc1. The van der Waals surface area contributed by atoms with E-state index in [1.54, 1.807) is 0 Å². The molecule has 0 bridgehead atoms. The van der Waals surface area contributed by atoms with Crippen molar-refractivity contribution in [2.75, 3.05) is 0 Å². The van der Waals surface area contributed by atoms with E-state index in [2.05, 4.69) is 62.4 Å². The molecule has 0 aliphatic carbocycles. The summed E-state index contributed by atoms with van der Waals surface area (Å²) in [4.78, 5) is 0. The van der Waals surface area contributed by atoms with Crippen LogP contribution in [0.4, 0.5) is 0 Å². The van der Waals surface area contributed by atoms with E-state index in [0.29, 0.717) is 0 Å². The molecule has 0 nitrogen and oxygen atoms in total. The first kappa shape index (κ1) is 13.8. The minimum atomic E-state index is 1.21. The summed E-state index contributed by atoms with van der Waals surface area (Å²) in [6.45, 7) is 4.41. The van der Waals surface area contributed by atoms with Crippen molar-refractivity contribution in [1.82, 2.24) is 0 Å². The maximum absolute atomic E-state index is 2.30. The van der Waals surface area contributed by atoms with Crippen LogP contribution in [0.5, 0.6) is 0 Å². The van der Waals surface area contributed by atoms with Gasteiger partial charge in [-0.3, -0.25) is 0 Å². The molecule has 0 saturated carbocycles. The van der Waals surface area contributed by atoms with Crippen molar-refractivity contribution in [3.63, 3.8) is 0 Å². The summed E-state index contributed by atoms with van der Waals surface area (Å²) in [6.07, 6.45) is 13.3. The molecule has 0 heteroatoms. The maximum atomic E-state index is 2.30. The molecule has 0 spiro atoms. The monoisotopic (exact) mass is 228 g/mol. The van der Waals surface area contributed by atoms with Gasteiger partial charge in [0.2, 0.25) is 0 Å². The largest absolute Gasteiger partial charge is 0.0843 e. The van der Waals surface area contributed by atoms with Gasteiger partial charge >= 0.3 is 0 Å². The van der Waals surface area contributed by atoms with Crippen LogP contribution in [0.2, 0.25) is 0 Å². The highest BCUT2D eigenvalue weighted by molar-refractivity contribution is 5.54. The fraction of sp³-hybridized carbons (Fsp3) is 0.412. The Hall–Kier alpha value is -1.30. The molecule has 0 aromatic heterocycles. The first-order valence-corrected chi connectivity index (χ1v) is 6.73. The molecule has 0 aliphatic heterocycles. The Bertz CT molecular complexity index is 344. The van der Waals surface area contributed by atoms with E-state index in [1.807, 2.05) is 0 Å². The van der Waals surface area contributed by atoms with Crippen molar-refractivity contribution in [3.05, 3.63) is 53.6 Å². The minimum absolute atomic E-state index is 1.21. The highest BCUT2D eigenvalue weighted by Gasteiger charge is 1.87. The molecule has 0 aliphatic rings. The van der Waals surface area contributed by atoms with Crippen LogP contribution in [0, 0.1) is 0 Å². The van der Waals surface area contributed by atoms with Crippen molar-refractivity contribution >= 4 is 6.08 Å². The van der Waals surface area contributed by atoms with Crippen LogP contribution in [0.15, 0.2) is 48.1 Å². The van der Waals surface area contributed by atoms with Gasteiger partial charge in [0.25, 0.3) is 0 Å². The third-order valence-electron chi connectivity index (χ3n) is 2.80. The topological polar surface area (TPSA) is 0 Å². The van der Waals surface area contributed by atoms with Crippen LogP contribution in [0.3, 0.4) is 0 Å². The highest BCUT2D eigenvalue weighted by atomic mass is 13.9.